The summed E-state index contributed by atoms with van der Waals surface area (Å²) in [5.74, 6) is 1.39. The van der Waals surface area contributed by atoms with Gasteiger partial charge in [0.25, 0.3) is 0 Å². The van der Waals surface area contributed by atoms with Gasteiger partial charge in [-0.05, 0) is 75.2 Å². The van der Waals surface area contributed by atoms with Crippen molar-refractivity contribution in [1.29, 1.82) is 0 Å². The van der Waals surface area contributed by atoms with Crippen LogP contribution in [0.15, 0.2) is 52.3 Å². The first-order chi connectivity index (χ1) is 11.9. The van der Waals surface area contributed by atoms with Crippen LogP contribution in [0.1, 0.15) is 24.4 Å². The molecule has 0 saturated carbocycles. The zero-order valence-electron chi connectivity index (χ0n) is 14.3. The molecule has 1 atom stereocenters. The molecule has 2 aromatic rings. The summed E-state index contributed by atoms with van der Waals surface area (Å²) < 4.78 is 29.6. The van der Waals surface area contributed by atoms with Crippen LogP contribution in [-0.4, -0.2) is 33.2 Å². The van der Waals surface area contributed by atoms with E-state index in [1.807, 2.05) is 37.6 Å². The minimum absolute atomic E-state index is 0.118. The second-order valence-corrected chi connectivity index (χ2v) is 8.60. The summed E-state index contributed by atoms with van der Waals surface area (Å²) in [6.07, 6.45) is 4.06. The molecule has 1 aliphatic rings. The van der Waals surface area contributed by atoms with E-state index >= 15 is 0 Å². The van der Waals surface area contributed by atoms with Crippen LogP contribution >= 0.6 is 11.8 Å². The average Bonchev–Trinajstić information content (AvgIpc) is 3.01. The number of rotatable bonds is 5. The molecule has 0 amide bonds. The van der Waals surface area contributed by atoms with E-state index in [-0.39, 0.29) is 10.9 Å². The molecule has 3 rings (SSSR count). The van der Waals surface area contributed by atoms with Crippen molar-refractivity contribution in [3.05, 3.63) is 48.0 Å². The van der Waals surface area contributed by atoms with Crippen LogP contribution in [0.25, 0.3) is 0 Å². The molecule has 1 saturated heterocycles. The lowest BCUT2D eigenvalue weighted by molar-refractivity contribution is 0.309. The Morgan fingerprint density at radius 2 is 1.92 bits per heavy atom. The van der Waals surface area contributed by atoms with E-state index in [1.54, 1.807) is 23.9 Å². The number of benzene rings is 2. The van der Waals surface area contributed by atoms with Gasteiger partial charge in [-0.1, -0.05) is 0 Å². The molecule has 7 heteroatoms. The number of nitrogens with zero attached hydrogens (tertiary/aromatic N) is 1. The molecule has 0 radical (unpaired) electrons. The summed E-state index contributed by atoms with van der Waals surface area (Å²) >= 11 is 1.67. The highest BCUT2D eigenvalue weighted by molar-refractivity contribution is 7.98. The molecule has 1 unspecified atom stereocenters. The Labute approximate surface area is 153 Å². The molecule has 0 aromatic heterocycles. The molecule has 5 nitrogen and oxygen atoms in total. The predicted octanol–water partition coefficient (Wildman–Crippen LogP) is 3.61. The van der Waals surface area contributed by atoms with Gasteiger partial charge in [-0.3, -0.25) is 4.90 Å². The van der Waals surface area contributed by atoms with Crippen molar-refractivity contribution < 1.29 is 13.2 Å². The van der Waals surface area contributed by atoms with Gasteiger partial charge in [0.2, 0.25) is 10.0 Å². The lowest BCUT2D eigenvalue weighted by Gasteiger charge is -2.23. The van der Waals surface area contributed by atoms with Crippen molar-refractivity contribution in [1.82, 2.24) is 4.90 Å². The maximum Gasteiger partial charge on any atom is 0.238 e. The largest absolute Gasteiger partial charge is 0.457 e. The van der Waals surface area contributed by atoms with E-state index in [2.05, 4.69) is 4.90 Å². The van der Waals surface area contributed by atoms with Crippen LogP contribution in [0.4, 0.5) is 0 Å². The molecule has 0 aliphatic carbocycles. The number of likely N-dealkylation sites (tertiary alicyclic amines) is 1. The molecule has 1 fully saturated rings. The zero-order valence-corrected chi connectivity index (χ0v) is 15.9. The van der Waals surface area contributed by atoms with Crippen LogP contribution in [-0.2, 0) is 10.0 Å². The monoisotopic (exact) mass is 378 g/mol. The molecule has 2 aromatic carbocycles. The highest BCUT2D eigenvalue weighted by Crippen LogP contribution is 2.39. The van der Waals surface area contributed by atoms with Gasteiger partial charge in [-0.25, -0.2) is 13.6 Å². The standard InChI is InChI=1S/C18H22N2O3S2/c1-20-11-3-4-17(20)16-12-15(25(19,21)22)9-10-18(16)23-13-5-7-14(24-2)8-6-13/h5-10,12,17H,3-4,11H2,1-2H3,(H2,19,21,22). The van der Waals surface area contributed by atoms with E-state index in [0.29, 0.717) is 5.75 Å². The predicted molar refractivity (Wildman–Crippen MR) is 101 cm³/mol. The van der Waals surface area contributed by atoms with Crippen LogP contribution in [0.5, 0.6) is 11.5 Å². The van der Waals surface area contributed by atoms with Gasteiger partial charge in [-0.15, -0.1) is 11.8 Å². The van der Waals surface area contributed by atoms with Gasteiger partial charge in [-0.2, -0.15) is 0 Å². The van der Waals surface area contributed by atoms with Gasteiger partial charge < -0.3 is 4.74 Å². The maximum atomic E-state index is 11.7. The van der Waals surface area contributed by atoms with Gasteiger partial charge >= 0.3 is 0 Å². The number of thioether (sulfide) groups is 1. The third-order valence-electron chi connectivity index (χ3n) is 4.48. The van der Waals surface area contributed by atoms with Gasteiger partial charge in [0.05, 0.1) is 4.90 Å². The fraction of sp³-hybridized carbons (Fsp3) is 0.333. The molecular formula is C18H22N2O3S2. The Balaban J connectivity index is 1.99. The summed E-state index contributed by atoms with van der Waals surface area (Å²) in [4.78, 5) is 3.49. The number of nitrogens with two attached hydrogens (primary N) is 1. The van der Waals surface area contributed by atoms with Crippen molar-refractivity contribution in [3.8, 4) is 11.5 Å². The van der Waals surface area contributed by atoms with Crippen LogP contribution < -0.4 is 9.88 Å². The smallest absolute Gasteiger partial charge is 0.238 e. The summed E-state index contributed by atoms with van der Waals surface area (Å²) in [6.45, 7) is 0.978. The Morgan fingerprint density at radius 1 is 1.20 bits per heavy atom. The molecule has 0 spiro atoms. The van der Waals surface area contributed by atoms with E-state index in [9.17, 15) is 8.42 Å². The quantitative estimate of drug-likeness (QED) is 0.805. The topological polar surface area (TPSA) is 72.6 Å². The number of hydrogen-bond acceptors (Lipinski definition) is 5. The Morgan fingerprint density at radius 3 is 2.48 bits per heavy atom. The van der Waals surface area contributed by atoms with Crippen molar-refractivity contribution in [2.24, 2.45) is 5.14 Å². The van der Waals surface area contributed by atoms with E-state index in [1.165, 1.54) is 6.07 Å². The first-order valence-electron chi connectivity index (χ1n) is 8.07. The molecule has 2 N–H and O–H groups in total. The minimum atomic E-state index is -3.75. The lowest BCUT2D eigenvalue weighted by atomic mass is 10.0. The molecular weight excluding hydrogens is 356 g/mol. The van der Waals surface area contributed by atoms with E-state index in [0.717, 1.165) is 35.6 Å². The Hall–Kier alpha value is -1.54. The number of sulfonamides is 1. The first-order valence-corrected chi connectivity index (χ1v) is 10.8. The molecule has 25 heavy (non-hydrogen) atoms. The summed E-state index contributed by atoms with van der Waals surface area (Å²) in [7, 11) is -1.71. The molecule has 1 aliphatic heterocycles. The highest BCUT2D eigenvalue weighted by atomic mass is 32.2. The van der Waals surface area contributed by atoms with Crippen molar-refractivity contribution in [3.63, 3.8) is 0 Å². The second-order valence-electron chi connectivity index (χ2n) is 6.16. The van der Waals surface area contributed by atoms with Crippen LogP contribution in [0.2, 0.25) is 0 Å². The van der Waals surface area contributed by atoms with Gasteiger partial charge in [0.1, 0.15) is 11.5 Å². The van der Waals surface area contributed by atoms with Crippen LogP contribution in [0.3, 0.4) is 0 Å². The zero-order chi connectivity index (χ0) is 18.0. The normalized spacial score (nSPS) is 18.4. The van der Waals surface area contributed by atoms with E-state index in [4.69, 9.17) is 9.88 Å². The fourth-order valence-corrected chi connectivity index (χ4v) is 4.09. The Kier molecular flexibility index (Phi) is 5.38. The maximum absolute atomic E-state index is 11.7. The van der Waals surface area contributed by atoms with Crippen molar-refractivity contribution in [2.75, 3.05) is 19.8 Å². The lowest BCUT2D eigenvalue weighted by Crippen LogP contribution is -2.19. The highest BCUT2D eigenvalue weighted by Gasteiger charge is 2.27. The molecule has 134 valence electrons. The fourth-order valence-electron chi connectivity index (χ4n) is 3.13. The molecule has 1 heterocycles. The average molecular weight is 379 g/mol. The third-order valence-corrected chi connectivity index (χ3v) is 6.13. The third kappa shape index (κ3) is 4.17. The van der Waals surface area contributed by atoms with Crippen molar-refractivity contribution >= 4 is 21.8 Å². The van der Waals surface area contributed by atoms with Crippen molar-refractivity contribution in [2.45, 2.75) is 28.7 Å². The summed E-state index contributed by atoms with van der Waals surface area (Å²) in [5, 5.41) is 5.31. The number of ether oxygens (including phenoxy) is 1. The van der Waals surface area contributed by atoms with Gasteiger partial charge in [0, 0.05) is 16.5 Å². The Bertz CT molecular complexity index is 851. The summed E-state index contributed by atoms with van der Waals surface area (Å²) in [5.41, 5.74) is 0.862. The van der Waals surface area contributed by atoms with Crippen LogP contribution in [0, 0.1) is 0 Å². The number of hydrogen-bond donors (Lipinski definition) is 1. The second kappa shape index (κ2) is 7.37. The number of primary sulfonamides is 1. The van der Waals surface area contributed by atoms with Gasteiger partial charge in [0.15, 0.2) is 0 Å². The molecule has 0 bridgehead atoms. The minimum Gasteiger partial charge on any atom is -0.457 e. The summed E-state index contributed by atoms with van der Waals surface area (Å²) in [6, 6.07) is 12.8. The first kappa shape index (κ1) is 18.3. The SMILES string of the molecule is CSc1ccc(Oc2ccc(S(N)(=O)=O)cc2C2CCCN2C)cc1. The van der Waals surface area contributed by atoms with E-state index < -0.39 is 10.0 Å².